The van der Waals surface area contributed by atoms with Crippen LogP contribution in [0.15, 0.2) is 83.9 Å². The molecule has 382 valence electrons. The SMILES string of the molecule is CCN(CC)c1cc(Nc2nc(Nc3cc(N(CC)CC)c(OC)cc3N=Nc3snc4cc(S(=O)(=O)O)c(OC)cc34)nc(SCCO)n2)c(N=Nc2snc3cc(S(=O)(=O)O)c(OC)cc23)cc1OC. The van der Waals surface area contributed by atoms with Gasteiger partial charge in [-0.15, -0.1) is 20.5 Å². The third-order valence-electron chi connectivity index (χ3n) is 10.8. The average Bonchev–Trinajstić information content (AvgIpc) is 3.97. The van der Waals surface area contributed by atoms with Crippen LogP contribution in [-0.2, 0) is 20.2 Å². The maximum Gasteiger partial charge on any atom is 0.298 e. The Morgan fingerprint density at radius 1 is 0.583 bits per heavy atom. The number of aliphatic hydroxyl groups excluding tert-OH is 1. The monoisotopic (exact) mass is 1080 g/mol. The number of thioether (sulfide) groups is 1. The lowest BCUT2D eigenvalue weighted by atomic mass is 10.2. The van der Waals surface area contributed by atoms with Crippen molar-refractivity contribution in [1.82, 2.24) is 23.7 Å². The van der Waals surface area contributed by atoms with Crippen LogP contribution in [-0.4, -0.2) is 122 Å². The van der Waals surface area contributed by atoms with Crippen molar-refractivity contribution in [2.24, 2.45) is 20.5 Å². The van der Waals surface area contributed by atoms with Gasteiger partial charge in [-0.05, 0) is 87.2 Å². The molecule has 0 spiro atoms. The number of nitrogens with one attached hydrogen (secondary N) is 2. The molecule has 72 heavy (non-hydrogen) atoms. The van der Waals surface area contributed by atoms with E-state index < -0.39 is 30.0 Å². The topological polar surface area (TPSA) is 310 Å². The van der Waals surface area contributed by atoms with Crippen LogP contribution in [0, 0.1) is 0 Å². The Morgan fingerprint density at radius 2 is 0.986 bits per heavy atom. The predicted octanol–water partition coefficient (Wildman–Crippen LogP) is 9.71. The van der Waals surface area contributed by atoms with Crippen molar-refractivity contribution >= 4 is 133 Å². The fraction of sp³-hybridized carbons (Fsp3) is 0.326. The molecule has 29 heteroatoms. The smallest absolute Gasteiger partial charge is 0.298 e. The molecule has 0 aliphatic carbocycles. The summed E-state index contributed by atoms with van der Waals surface area (Å²) in [5.74, 6) is 1.16. The molecule has 0 aliphatic rings. The summed E-state index contributed by atoms with van der Waals surface area (Å²) < 4.78 is 98.9. The number of anilines is 6. The zero-order valence-corrected chi connectivity index (χ0v) is 44.0. The first-order valence-corrected chi connectivity index (χ1v) is 27.1. The molecule has 0 saturated heterocycles. The van der Waals surface area contributed by atoms with Crippen molar-refractivity contribution in [2.75, 3.05) is 87.4 Å². The van der Waals surface area contributed by atoms with Gasteiger partial charge in [0.1, 0.15) is 44.2 Å². The highest BCUT2D eigenvalue weighted by molar-refractivity contribution is 7.99. The number of benzene rings is 4. The maximum atomic E-state index is 12.1. The van der Waals surface area contributed by atoms with Gasteiger partial charge in [-0.3, -0.25) is 9.11 Å². The minimum Gasteiger partial charge on any atom is -0.495 e. The number of rotatable bonds is 23. The van der Waals surface area contributed by atoms with Crippen LogP contribution in [0.25, 0.3) is 21.8 Å². The molecule has 0 unspecified atom stereocenters. The summed E-state index contributed by atoms with van der Waals surface area (Å²) >= 11 is 3.09. The van der Waals surface area contributed by atoms with Gasteiger partial charge in [0.05, 0.1) is 68.8 Å². The molecule has 3 heterocycles. The molecule has 4 aromatic carbocycles. The van der Waals surface area contributed by atoms with Crippen molar-refractivity contribution in [3.05, 3.63) is 48.5 Å². The van der Waals surface area contributed by atoms with Gasteiger partial charge in [-0.25, -0.2) is 0 Å². The standard InChI is InChI=1S/C43H49N13O11S5/c1-9-55(10-2)31-17-27(29(19-33(31)64-5)49-51-39-23-15-35(66-7)37(71(58,59)60)21-25(23)53-69-39)44-41-46-42(48-43(47-41)68-14-13-57)45-28-18-32(56(11-3)12-4)34(65-6)20-30(28)50-52-40-24-16-36(67-8)38(72(61,62)63)22-26(24)54-70-40/h15-22,57H,9-14H2,1-8H3,(H,58,59,60)(H,61,62,63)(H2,44,45,46,47,48). The van der Waals surface area contributed by atoms with Gasteiger partial charge in [0.25, 0.3) is 20.2 Å². The Labute approximate surface area is 426 Å². The van der Waals surface area contributed by atoms with Crippen molar-refractivity contribution in [1.29, 1.82) is 0 Å². The van der Waals surface area contributed by atoms with Crippen molar-refractivity contribution in [3.63, 3.8) is 0 Å². The maximum absolute atomic E-state index is 12.1. The number of fused-ring (bicyclic) bond motifs is 2. The second-order valence-electron chi connectivity index (χ2n) is 14.9. The Kier molecular flexibility index (Phi) is 16.9. The Morgan fingerprint density at radius 3 is 1.33 bits per heavy atom. The summed E-state index contributed by atoms with van der Waals surface area (Å²) in [5, 5.41) is 36.4. The Hall–Kier alpha value is -6.60. The van der Waals surface area contributed by atoms with E-state index in [0.29, 0.717) is 69.8 Å². The van der Waals surface area contributed by atoms with E-state index >= 15 is 0 Å². The molecule has 0 bridgehead atoms. The minimum absolute atomic E-state index is 0.0702. The molecule has 24 nitrogen and oxygen atoms in total. The van der Waals surface area contributed by atoms with Crippen molar-refractivity contribution < 1.29 is 50.0 Å². The van der Waals surface area contributed by atoms with Gasteiger partial charge in [0, 0.05) is 54.8 Å². The summed E-state index contributed by atoms with van der Waals surface area (Å²) in [6.45, 7) is 10.4. The molecular formula is C43H49N13O11S5. The van der Waals surface area contributed by atoms with Crippen LogP contribution in [0.5, 0.6) is 23.0 Å². The van der Waals surface area contributed by atoms with E-state index in [1.807, 2.05) is 39.8 Å². The molecule has 0 atom stereocenters. The van der Waals surface area contributed by atoms with Crippen molar-refractivity contribution in [3.8, 4) is 23.0 Å². The summed E-state index contributed by atoms with van der Waals surface area (Å²) in [6.07, 6.45) is 0. The second kappa shape index (κ2) is 22.9. The molecule has 3 aromatic heterocycles. The van der Waals surface area contributed by atoms with E-state index in [1.165, 1.54) is 64.5 Å². The summed E-state index contributed by atoms with van der Waals surface area (Å²) in [4.78, 5) is 17.5. The molecule has 0 amide bonds. The lowest BCUT2D eigenvalue weighted by Gasteiger charge is -2.25. The van der Waals surface area contributed by atoms with Gasteiger partial charge in [-0.1, -0.05) is 11.8 Å². The normalized spacial score (nSPS) is 12.0. The summed E-state index contributed by atoms with van der Waals surface area (Å²) in [5.41, 5.74) is 3.31. The van der Waals surface area contributed by atoms with E-state index in [9.17, 15) is 31.0 Å². The number of hydrogen-bond acceptors (Lipinski definition) is 25. The number of aromatic nitrogens is 5. The van der Waals surface area contributed by atoms with Crippen LogP contribution in [0.3, 0.4) is 0 Å². The van der Waals surface area contributed by atoms with E-state index in [2.05, 4.69) is 49.6 Å². The van der Waals surface area contributed by atoms with E-state index in [0.717, 1.165) is 34.4 Å². The molecule has 7 aromatic rings. The second-order valence-corrected chi connectivity index (χ2v) is 20.2. The third-order valence-corrected chi connectivity index (χ3v) is 14.9. The third kappa shape index (κ3) is 11.7. The van der Waals surface area contributed by atoms with Crippen LogP contribution in [0.1, 0.15) is 27.7 Å². The first kappa shape index (κ1) is 53.2. The zero-order valence-electron chi connectivity index (χ0n) is 39.9. The molecular weight excluding hydrogens is 1030 g/mol. The number of ether oxygens (including phenoxy) is 4. The number of nitrogens with zero attached hydrogens (tertiary/aromatic N) is 11. The molecule has 0 aliphatic heterocycles. The number of methoxy groups -OCH3 is 4. The van der Waals surface area contributed by atoms with Crippen LogP contribution >= 0.6 is 34.8 Å². The quantitative estimate of drug-likeness (QED) is 0.0226. The largest absolute Gasteiger partial charge is 0.495 e. The molecule has 0 fully saturated rings. The highest BCUT2D eigenvalue weighted by Crippen LogP contribution is 2.45. The highest BCUT2D eigenvalue weighted by atomic mass is 32.2. The van der Waals surface area contributed by atoms with Gasteiger partial charge in [0.15, 0.2) is 15.2 Å². The number of azo groups is 2. The van der Waals surface area contributed by atoms with Crippen LogP contribution in [0.2, 0.25) is 0 Å². The Balaban J connectivity index is 1.34. The van der Waals surface area contributed by atoms with Crippen molar-refractivity contribution in [2.45, 2.75) is 42.6 Å². The summed E-state index contributed by atoms with van der Waals surface area (Å²) in [7, 11) is -3.62. The molecule has 7 rings (SSSR count). The Bertz CT molecular complexity index is 3190. The molecule has 5 N–H and O–H groups in total. The van der Waals surface area contributed by atoms with Crippen LogP contribution in [0.4, 0.5) is 56.0 Å². The van der Waals surface area contributed by atoms with E-state index in [4.69, 9.17) is 33.9 Å². The highest BCUT2D eigenvalue weighted by Gasteiger charge is 2.24. The van der Waals surface area contributed by atoms with Crippen LogP contribution < -0.4 is 39.4 Å². The molecule has 0 radical (unpaired) electrons. The first-order valence-electron chi connectivity index (χ1n) is 21.7. The summed E-state index contributed by atoms with van der Waals surface area (Å²) in [6, 6.07) is 12.3. The number of hydrogen-bond donors (Lipinski definition) is 5. The lowest BCUT2D eigenvalue weighted by Crippen LogP contribution is -2.22. The number of aliphatic hydroxyl groups is 1. The lowest BCUT2D eigenvalue weighted by molar-refractivity contribution is 0.322. The van der Waals surface area contributed by atoms with Gasteiger partial charge in [-0.2, -0.15) is 40.5 Å². The fourth-order valence-corrected chi connectivity index (χ4v) is 10.5. The average molecular weight is 1080 g/mol. The van der Waals surface area contributed by atoms with E-state index in [-0.39, 0.29) is 63.3 Å². The minimum atomic E-state index is -4.63. The predicted molar refractivity (Wildman–Crippen MR) is 278 cm³/mol. The van der Waals surface area contributed by atoms with E-state index in [1.54, 1.807) is 12.1 Å². The fourth-order valence-electron chi connectivity index (χ4n) is 7.28. The first-order chi connectivity index (χ1) is 34.5. The van der Waals surface area contributed by atoms with Gasteiger partial charge in [0.2, 0.25) is 11.9 Å². The van der Waals surface area contributed by atoms with Gasteiger partial charge < -0.3 is 44.5 Å². The van der Waals surface area contributed by atoms with Gasteiger partial charge >= 0.3 is 0 Å². The molecule has 0 saturated carbocycles. The zero-order chi connectivity index (χ0) is 51.9.